The smallest absolute Gasteiger partial charge is 0.239 e. The standard InChI is InChI=1S/C31H31NO4/c1-2-3-4-9-18-36-21-16-14-20(15-17-21)32-29(34)27-26-22-10-5-7-12-24(22)31(19-33,28(27)30(32)35)25-13-8-6-11-23(25)26/h5-8,10-17,26-28,33H,2-4,9,18-19H2,1H3. The summed E-state index contributed by atoms with van der Waals surface area (Å²) in [5.74, 6) is -1.07. The van der Waals surface area contributed by atoms with Crippen molar-refractivity contribution >= 4 is 17.5 Å². The van der Waals surface area contributed by atoms with Crippen molar-refractivity contribution in [1.82, 2.24) is 0 Å². The van der Waals surface area contributed by atoms with Crippen LogP contribution in [0.3, 0.4) is 0 Å². The van der Waals surface area contributed by atoms with E-state index in [0.29, 0.717) is 12.3 Å². The Kier molecular flexibility index (Phi) is 5.68. The Labute approximate surface area is 211 Å². The number of benzene rings is 3. The number of carbonyl (C=O) groups is 2. The van der Waals surface area contributed by atoms with Gasteiger partial charge in [0.25, 0.3) is 0 Å². The fraction of sp³-hybridized carbons (Fsp3) is 0.355. The first-order chi connectivity index (χ1) is 17.6. The third-order valence-corrected chi connectivity index (χ3v) is 8.41. The first kappa shape index (κ1) is 23.0. The molecular formula is C31H31NO4. The minimum atomic E-state index is -0.935. The van der Waals surface area contributed by atoms with Crippen molar-refractivity contribution in [1.29, 1.82) is 0 Å². The molecule has 1 N–H and O–H groups in total. The Balaban J connectivity index is 1.36. The summed E-state index contributed by atoms with van der Waals surface area (Å²) < 4.78 is 5.86. The fourth-order valence-corrected chi connectivity index (χ4v) is 6.86. The van der Waals surface area contributed by atoms with Gasteiger partial charge >= 0.3 is 0 Å². The summed E-state index contributed by atoms with van der Waals surface area (Å²) in [5, 5.41) is 10.9. The lowest BCUT2D eigenvalue weighted by molar-refractivity contribution is -0.124. The Morgan fingerprint density at radius 2 is 1.47 bits per heavy atom. The normalized spacial score (nSPS) is 25.5. The van der Waals surface area contributed by atoms with Crippen LogP contribution in [0.25, 0.3) is 0 Å². The molecule has 5 nitrogen and oxygen atoms in total. The van der Waals surface area contributed by atoms with E-state index in [1.165, 1.54) is 17.7 Å². The van der Waals surface area contributed by atoms with E-state index in [1.54, 1.807) is 12.1 Å². The Morgan fingerprint density at radius 1 is 0.833 bits per heavy atom. The molecule has 0 radical (unpaired) electrons. The molecule has 1 aliphatic heterocycles. The third kappa shape index (κ3) is 3.12. The molecule has 1 saturated heterocycles. The summed E-state index contributed by atoms with van der Waals surface area (Å²) >= 11 is 0. The monoisotopic (exact) mass is 481 g/mol. The molecule has 1 fully saturated rings. The van der Waals surface area contributed by atoms with Gasteiger partial charge in [-0.2, -0.15) is 0 Å². The van der Waals surface area contributed by atoms with E-state index in [0.717, 1.165) is 40.8 Å². The fourth-order valence-electron chi connectivity index (χ4n) is 6.86. The molecule has 36 heavy (non-hydrogen) atoms. The van der Waals surface area contributed by atoms with Crippen molar-refractivity contribution in [3.63, 3.8) is 0 Å². The Morgan fingerprint density at radius 3 is 2.08 bits per heavy atom. The average molecular weight is 482 g/mol. The SMILES string of the molecule is CCCCCCOc1ccc(N2C(=O)C3C4c5ccccc5C(CO)(c5ccccc54)C3C2=O)cc1. The lowest BCUT2D eigenvalue weighted by atomic mass is 9.47. The number of anilines is 1. The van der Waals surface area contributed by atoms with Crippen molar-refractivity contribution < 1.29 is 19.4 Å². The number of unbranched alkanes of at least 4 members (excludes halogenated alkanes) is 3. The minimum absolute atomic E-state index is 0.190. The van der Waals surface area contributed by atoms with Gasteiger partial charge < -0.3 is 9.84 Å². The molecule has 2 bridgehead atoms. The van der Waals surface area contributed by atoms with Gasteiger partial charge in [-0.15, -0.1) is 0 Å². The second kappa shape index (κ2) is 8.90. The zero-order chi connectivity index (χ0) is 24.9. The van der Waals surface area contributed by atoms with Crippen LogP contribution in [0.4, 0.5) is 5.69 Å². The Bertz CT molecular complexity index is 1270. The van der Waals surface area contributed by atoms with E-state index >= 15 is 0 Å². The lowest BCUT2D eigenvalue weighted by Gasteiger charge is -2.53. The van der Waals surface area contributed by atoms with E-state index in [9.17, 15) is 14.7 Å². The summed E-state index contributed by atoms with van der Waals surface area (Å²) in [5.41, 5.74) is 3.64. The number of carbonyl (C=O) groups excluding carboxylic acids is 2. The highest BCUT2D eigenvalue weighted by atomic mass is 16.5. The van der Waals surface area contributed by atoms with Crippen LogP contribution in [0.15, 0.2) is 72.8 Å². The summed E-state index contributed by atoms with van der Waals surface area (Å²) in [6.07, 6.45) is 4.54. The van der Waals surface area contributed by atoms with Crippen LogP contribution in [-0.4, -0.2) is 30.1 Å². The van der Waals surface area contributed by atoms with Crippen LogP contribution in [0.1, 0.15) is 60.8 Å². The molecule has 4 aliphatic rings. The molecule has 2 unspecified atom stereocenters. The second-order valence-electron chi connectivity index (χ2n) is 10.2. The van der Waals surface area contributed by atoms with Crippen molar-refractivity contribution in [2.75, 3.05) is 18.1 Å². The number of aliphatic hydroxyl groups is 1. The molecular weight excluding hydrogens is 450 g/mol. The number of hydrogen-bond donors (Lipinski definition) is 1. The second-order valence-corrected chi connectivity index (χ2v) is 10.2. The first-order valence-corrected chi connectivity index (χ1v) is 13.0. The zero-order valence-electron chi connectivity index (χ0n) is 20.5. The van der Waals surface area contributed by atoms with Gasteiger partial charge in [0, 0.05) is 5.92 Å². The first-order valence-electron chi connectivity index (χ1n) is 13.0. The molecule has 2 amide bonds. The van der Waals surface area contributed by atoms with E-state index in [2.05, 4.69) is 6.92 Å². The maximum absolute atomic E-state index is 14.0. The quantitative estimate of drug-likeness (QED) is 0.355. The van der Waals surface area contributed by atoms with Gasteiger partial charge in [-0.3, -0.25) is 9.59 Å². The van der Waals surface area contributed by atoms with Gasteiger partial charge in [0.2, 0.25) is 11.8 Å². The zero-order valence-corrected chi connectivity index (χ0v) is 20.5. The summed E-state index contributed by atoms with van der Waals surface area (Å²) in [6, 6.07) is 23.2. The van der Waals surface area contributed by atoms with Crippen molar-refractivity contribution in [3.05, 3.63) is 95.1 Å². The molecule has 0 spiro atoms. The van der Waals surface area contributed by atoms with Crippen LogP contribution < -0.4 is 9.64 Å². The molecule has 3 aliphatic carbocycles. The summed E-state index contributed by atoms with van der Waals surface area (Å²) in [6.45, 7) is 2.61. The van der Waals surface area contributed by atoms with Crippen molar-refractivity contribution in [2.45, 2.75) is 43.9 Å². The van der Waals surface area contributed by atoms with Crippen LogP contribution in [0, 0.1) is 11.8 Å². The molecule has 184 valence electrons. The summed E-state index contributed by atoms with van der Waals surface area (Å²) in [4.78, 5) is 29.4. The molecule has 1 heterocycles. The van der Waals surface area contributed by atoms with Crippen molar-refractivity contribution in [3.8, 4) is 5.75 Å². The number of amides is 2. The van der Waals surface area contributed by atoms with E-state index in [4.69, 9.17) is 4.74 Å². The number of aliphatic hydroxyl groups excluding tert-OH is 1. The minimum Gasteiger partial charge on any atom is -0.494 e. The van der Waals surface area contributed by atoms with E-state index in [1.807, 2.05) is 60.7 Å². The number of imide groups is 1. The van der Waals surface area contributed by atoms with Gasteiger partial charge in [0.15, 0.2) is 0 Å². The predicted molar refractivity (Wildman–Crippen MR) is 138 cm³/mol. The molecule has 3 aromatic rings. The lowest BCUT2D eigenvalue weighted by Crippen LogP contribution is -2.55. The topological polar surface area (TPSA) is 66.8 Å². The Hall–Kier alpha value is -3.44. The van der Waals surface area contributed by atoms with E-state index < -0.39 is 17.3 Å². The van der Waals surface area contributed by atoms with Gasteiger partial charge in [-0.05, 0) is 52.9 Å². The summed E-state index contributed by atoms with van der Waals surface area (Å²) in [7, 11) is 0. The maximum Gasteiger partial charge on any atom is 0.239 e. The molecule has 7 rings (SSSR count). The predicted octanol–water partition coefficient (Wildman–Crippen LogP) is 5.19. The molecule has 5 heteroatoms. The van der Waals surface area contributed by atoms with Gasteiger partial charge in [0.05, 0.1) is 36.2 Å². The number of rotatable bonds is 8. The van der Waals surface area contributed by atoms with Crippen LogP contribution in [0.5, 0.6) is 5.75 Å². The van der Waals surface area contributed by atoms with Gasteiger partial charge in [0.1, 0.15) is 5.75 Å². The average Bonchev–Trinajstić information content (AvgIpc) is 3.19. The molecule has 0 aromatic heterocycles. The molecule has 3 aromatic carbocycles. The largest absolute Gasteiger partial charge is 0.494 e. The highest BCUT2D eigenvalue weighted by molar-refractivity contribution is 6.23. The number of hydrogen-bond acceptors (Lipinski definition) is 4. The highest BCUT2D eigenvalue weighted by Gasteiger charge is 2.68. The third-order valence-electron chi connectivity index (χ3n) is 8.41. The number of ether oxygens (including phenoxy) is 1. The van der Waals surface area contributed by atoms with Crippen molar-refractivity contribution in [2.24, 2.45) is 11.8 Å². The van der Waals surface area contributed by atoms with Gasteiger partial charge in [-0.1, -0.05) is 74.7 Å². The maximum atomic E-state index is 14.0. The molecule has 0 saturated carbocycles. The highest BCUT2D eigenvalue weighted by Crippen LogP contribution is 2.64. The molecule has 2 atom stereocenters. The van der Waals surface area contributed by atoms with E-state index in [-0.39, 0.29) is 24.3 Å². The van der Waals surface area contributed by atoms with Crippen LogP contribution in [0.2, 0.25) is 0 Å². The van der Waals surface area contributed by atoms with Crippen LogP contribution in [-0.2, 0) is 15.0 Å². The number of nitrogens with zero attached hydrogens (tertiary/aromatic N) is 1. The van der Waals surface area contributed by atoms with Gasteiger partial charge in [-0.25, -0.2) is 4.90 Å². The van der Waals surface area contributed by atoms with Crippen LogP contribution >= 0.6 is 0 Å².